The highest BCUT2D eigenvalue weighted by Crippen LogP contribution is 2.21. The third kappa shape index (κ3) is 2.71. The Bertz CT molecular complexity index is 913. The Hall–Kier alpha value is -3.23. The molecule has 2 aromatic heterocycles. The van der Waals surface area contributed by atoms with E-state index in [2.05, 4.69) is 15.4 Å². The largest absolute Gasteiger partial charge is 0.313 e. The van der Waals surface area contributed by atoms with Crippen LogP contribution in [0.15, 0.2) is 36.7 Å². The lowest BCUT2D eigenvalue weighted by molar-refractivity contribution is -0.385. The van der Waals surface area contributed by atoms with E-state index in [0.29, 0.717) is 12.4 Å². The summed E-state index contributed by atoms with van der Waals surface area (Å²) in [6.07, 6.45) is 2.82. The average molecular weight is 328 g/mol. The molecule has 0 aliphatic carbocycles. The molecule has 24 heavy (non-hydrogen) atoms. The molecule has 1 amide bonds. The molecule has 0 fully saturated rings. The number of anilines is 1. The molecular formula is C15H16N6O3. The van der Waals surface area contributed by atoms with E-state index in [4.69, 9.17) is 0 Å². The molecule has 0 spiro atoms. The van der Waals surface area contributed by atoms with Gasteiger partial charge < -0.3 is 4.57 Å². The van der Waals surface area contributed by atoms with E-state index in [1.54, 1.807) is 4.57 Å². The molecule has 3 rings (SSSR count). The molecule has 9 nitrogen and oxygen atoms in total. The molecule has 1 aromatic carbocycles. The Morgan fingerprint density at radius 1 is 1.42 bits per heavy atom. The normalized spacial score (nSPS) is 12.2. The van der Waals surface area contributed by atoms with Gasteiger partial charge in [0.15, 0.2) is 0 Å². The summed E-state index contributed by atoms with van der Waals surface area (Å²) in [4.78, 5) is 27.2. The number of carbonyl (C=O) groups is 1. The molecule has 3 aromatic rings. The van der Waals surface area contributed by atoms with Gasteiger partial charge in [-0.25, -0.2) is 4.98 Å². The molecule has 0 saturated carbocycles. The topological polar surface area (TPSA) is 108 Å². The van der Waals surface area contributed by atoms with Crippen molar-refractivity contribution in [3.8, 4) is 0 Å². The van der Waals surface area contributed by atoms with Crippen molar-refractivity contribution in [2.24, 2.45) is 7.05 Å². The maximum atomic E-state index is 12.6. The lowest BCUT2D eigenvalue weighted by Crippen LogP contribution is -2.27. The van der Waals surface area contributed by atoms with Crippen LogP contribution in [0.5, 0.6) is 0 Å². The highest BCUT2D eigenvalue weighted by molar-refractivity contribution is 5.94. The molecule has 0 saturated heterocycles. The summed E-state index contributed by atoms with van der Waals surface area (Å²) in [5, 5.41) is 17.5. The average Bonchev–Trinajstić information content (AvgIpc) is 3.15. The Morgan fingerprint density at radius 3 is 2.79 bits per heavy atom. The van der Waals surface area contributed by atoms with Gasteiger partial charge >= 0.3 is 5.69 Å². The molecule has 0 aliphatic rings. The number of rotatable bonds is 5. The number of para-hydroxylation sites is 2. The van der Waals surface area contributed by atoms with Gasteiger partial charge in [-0.2, -0.15) is 5.10 Å². The van der Waals surface area contributed by atoms with Crippen molar-refractivity contribution < 1.29 is 9.72 Å². The van der Waals surface area contributed by atoms with Crippen LogP contribution < -0.4 is 5.32 Å². The standard InChI is InChI=1S/C15H16N6O3/c1-3-12(20-9-10(8-16-20)21(23)24)14(22)18-15-17-11-6-4-5-7-13(11)19(15)2/h4-9,12H,3H2,1-2H3,(H,17,18,22). The first-order valence-electron chi connectivity index (χ1n) is 7.42. The van der Waals surface area contributed by atoms with Crippen LogP contribution in [0, 0.1) is 10.1 Å². The van der Waals surface area contributed by atoms with E-state index >= 15 is 0 Å². The Morgan fingerprint density at radius 2 is 2.17 bits per heavy atom. The minimum Gasteiger partial charge on any atom is -0.313 e. The van der Waals surface area contributed by atoms with Gasteiger partial charge in [-0.1, -0.05) is 19.1 Å². The molecule has 124 valence electrons. The molecule has 0 radical (unpaired) electrons. The fraction of sp³-hybridized carbons (Fsp3) is 0.267. The number of fused-ring (bicyclic) bond motifs is 1. The van der Waals surface area contributed by atoms with E-state index in [1.807, 2.05) is 38.2 Å². The van der Waals surface area contributed by atoms with Crippen molar-refractivity contribution in [1.29, 1.82) is 0 Å². The van der Waals surface area contributed by atoms with Crippen molar-refractivity contribution in [2.75, 3.05) is 5.32 Å². The second-order valence-electron chi connectivity index (χ2n) is 5.33. The van der Waals surface area contributed by atoms with Gasteiger partial charge in [0.1, 0.15) is 18.4 Å². The van der Waals surface area contributed by atoms with Crippen LogP contribution in [0.25, 0.3) is 11.0 Å². The van der Waals surface area contributed by atoms with Gasteiger partial charge in [-0.15, -0.1) is 0 Å². The number of aryl methyl sites for hydroxylation is 1. The number of amides is 1. The summed E-state index contributed by atoms with van der Waals surface area (Å²) in [5.41, 5.74) is 1.53. The van der Waals surface area contributed by atoms with Crippen LogP contribution in [-0.4, -0.2) is 30.2 Å². The molecule has 1 atom stereocenters. The first-order chi connectivity index (χ1) is 11.5. The van der Waals surface area contributed by atoms with E-state index in [1.165, 1.54) is 10.9 Å². The second kappa shape index (κ2) is 6.11. The van der Waals surface area contributed by atoms with Crippen molar-refractivity contribution in [1.82, 2.24) is 19.3 Å². The van der Waals surface area contributed by atoms with Crippen LogP contribution in [-0.2, 0) is 11.8 Å². The number of carbonyl (C=O) groups excluding carboxylic acids is 1. The second-order valence-corrected chi connectivity index (χ2v) is 5.33. The number of nitro groups is 1. The predicted molar refractivity (Wildman–Crippen MR) is 87.6 cm³/mol. The van der Waals surface area contributed by atoms with E-state index in [9.17, 15) is 14.9 Å². The van der Waals surface area contributed by atoms with Crippen molar-refractivity contribution in [3.63, 3.8) is 0 Å². The molecule has 1 N–H and O–H groups in total. The van der Waals surface area contributed by atoms with Crippen LogP contribution in [0.2, 0.25) is 0 Å². The van der Waals surface area contributed by atoms with E-state index in [-0.39, 0.29) is 11.6 Å². The summed E-state index contributed by atoms with van der Waals surface area (Å²) >= 11 is 0. The third-order valence-corrected chi connectivity index (χ3v) is 3.83. The first kappa shape index (κ1) is 15.7. The molecular weight excluding hydrogens is 312 g/mol. The maximum Gasteiger partial charge on any atom is 0.307 e. The molecule has 1 unspecified atom stereocenters. The fourth-order valence-electron chi connectivity index (χ4n) is 2.54. The third-order valence-electron chi connectivity index (χ3n) is 3.83. The smallest absolute Gasteiger partial charge is 0.307 e. The van der Waals surface area contributed by atoms with Gasteiger partial charge in [0.05, 0.1) is 16.0 Å². The minimum absolute atomic E-state index is 0.149. The number of benzene rings is 1. The van der Waals surface area contributed by atoms with Crippen LogP contribution in [0.4, 0.5) is 11.6 Å². The summed E-state index contributed by atoms with van der Waals surface area (Å²) < 4.78 is 3.08. The number of aromatic nitrogens is 4. The zero-order valence-electron chi connectivity index (χ0n) is 13.2. The lowest BCUT2D eigenvalue weighted by atomic mass is 10.2. The lowest BCUT2D eigenvalue weighted by Gasteiger charge is -2.14. The van der Waals surface area contributed by atoms with Crippen molar-refractivity contribution >= 4 is 28.6 Å². The minimum atomic E-state index is -0.654. The summed E-state index contributed by atoms with van der Waals surface area (Å²) in [5.74, 6) is 0.0928. The number of nitrogens with zero attached hydrogens (tertiary/aromatic N) is 5. The van der Waals surface area contributed by atoms with Gasteiger partial charge in [-0.05, 0) is 18.6 Å². The van der Waals surface area contributed by atoms with E-state index < -0.39 is 11.0 Å². The number of nitrogens with one attached hydrogen (secondary N) is 1. The van der Waals surface area contributed by atoms with Gasteiger partial charge in [0.25, 0.3) is 5.91 Å². The summed E-state index contributed by atoms with van der Waals surface area (Å²) in [6.45, 7) is 1.81. The van der Waals surface area contributed by atoms with Crippen molar-refractivity contribution in [3.05, 3.63) is 46.8 Å². The maximum absolute atomic E-state index is 12.6. The van der Waals surface area contributed by atoms with Crippen LogP contribution in [0.1, 0.15) is 19.4 Å². The SMILES string of the molecule is CCC(C(=O)Nc1nc2ccccc2n1C)n1cc([N+](=O)[O-])cn1. The number of hydrogen-bond donors (Lipinski definition) is 1. The fourth-order valence-corrected chi connectivity index (χ4v) is 2.54. The summed E-state index contributed by atoms with van der Waals surface area (Å²) in [6, 6.07) is 6.88. The van der Waals surface area contributed by atoms with Gasteiger partial charge in [-0.3, -0.25) is 24.9 Å². The Labute approximate surface area is 137 Å². The quantitative estimate of drug-likeness (QED) is 0.571. The molecule has 0 aliphatic heterocycles. The summed E-state index contributed by atoms with van der Waals surface area (Å²) in [7, 11) is 1.81. The Kier molecular flexibility index (Phi) is 3.98. The zero-order chi connectivity index (χ0) is 17.3. The van der Waals surface area contributed by atoms with Gasteiger partial charge in [0.2, 0.25) is 5.95 Å². The number of hydrogen-bond acceptors (Lipinski definition) is 5. The zero-order valence-corrected chi connectivity index (χ0v) is 13.2. The van der Waals surface area contributed by atoms with E-state index in [0.717, 1.165) is 17.2 Å². The first-order valence-corrected chi connectivity index (χ1v) is 7.42. The highest BCUT2D eigenvalue weighted by Gasteiger charge is 2.23. The van der Waals surface area contributed by atoms with Gasteiger partial charge in [0, 0.05) is 7.05 Å². The van der Waals surface area contributed by atoms with Crippen molar-refractivity contribution in [2.45, 2.75) is 19.4 Å². The molecule has 2 heterocycles. The van der Waals surface area contributed by atoms with Crippen LogP contribution >= 0.6 is 0 Å². The molecule has 0 bridgehead atoms. The highest BCUT2D eigenvalue weighted by atomic mass is 16.6. The van der Waals surface area contributed by atoms with Crippen LogP contribution in [0.3, 0.4) is 0 Å². The number of imidazole rings is 1. The predicted octanol–water partition coefficient (Wildman–Crippen LogP) is 2.27. The molecule has 9 heteroatoms. The monoisotopic (exact) mass is 328 g/mol. The Balaban J connectivity index is 1.85.